The van der Waals surface area contributed by atoms with E-state index in [0.29, 0.717) is 28.7 Å². The highest BCUT2D eigenvalue weighted by Crippen LogP contribution is 2.32. The van der Waals surface area contributed by atoms with E-state index in [1.807, 2.05) is 17.5 Å². The number of carbonyl (C=O) groups is 2. The number of thiophene rings is 1. The molecule has 2 N–H and O–H groups in total. The van der Waals surface area contributed by atoms with Crippen molar-refractivity contribution in [2.45, 2.75) is 43.6 Å². The summed E-state index contributed by atoms with van der Waals surface area (Å²) in [6.45, 7) is 3.33. The molecule has 2 aliphatic rings. The average Bonchev–Trinajstić information content (AvgIpc) is 3.50. The first-order valence-electron chi connectivity index (χ1n) is 9.67. The number of amides is 2. The van der Waals surface area contributed by atoms with Gasteiger partial charge in [0.25, 0.3) is 0 Å². The SMILES string of the molecule is CCOC(=O)C1=C(CSc2nnnn2C[C@H]2CCCO2)NC(=O)N[C@@H]1c1cccs1. The standard InChI is InChI=1S/C18H22N6O4S2/c1-2-27-16(25)14-12(19-17(26)20-15(14)13-6-4-8-29-13)10-30-18-21-22-23-24(18)9-11-5-3-7-28-11/h4,6,8,11,15H,2-3,5,7,9-10H2,1H3,(H2,19,20,26)/t11-,15-/m1/s1. The van der Waals surface area contributed by atoms with Crippen molar-refractivity contribution < 1.29 is 19.1 Å². The van der Waals surface area contributed by atoms with Crippen LogP contribution in [0.3, 0.4) is 0 Å². The fraction of sp³-hybridized carbons (Fsp3) is 0.500. The fourth-order valence-corrected chi connectivity index (χ4v) is 5.02. The minimum absolute atomic E-state index is 0.101. The maximum absolute atomic E-state index is 12.7. The van der Waals surface area contributed by atoms with E-state index in [9.17, 15) is 9.59 Å². The third kappa shape index (κ3) is 4.65. The molecule has 12 heteroatoms. The predicted octanol–water partition coefficient (Wildman–Crippen LogP) is 1.88. The Labute approximate surface area is 181 Å². The van der Waals surface area contributed by atoms with Crippen LogP contribution < -0.4 is 10.6 Å². The summed E-state index contributed by atoms with van der Waals surface area (Å²) in [5.74, 6) is -0.145. The monoisotopic (exact) mass is 450 g/mol. The van der Waals surface area contributed by atoms with Gasteiger partial charge >= 0.3 is 12.0 Å². The summed E-state index contributed by atoms with van der Waals surface area (Å²) in [5.41, 5.74) is 0.886. The molecule has 0 saturated carbocycles. The first kappa shape index (κ1) is 20.8. The summed E-state index contributed by atoms with van der Waals surface area (Å²) in [7, 11) is 0. The van der Waals surface area contributed by atoms with Crippen molar-refractivity contribution in [2.75, 3.05) is 19.0 Å². The number of carbonyl (C=O) groups excluding carboxylic acids is 2. The summed E-state index contributed by atoms with van der Waals surface area (Å²) >= 11 is 2.82. The smallest absolute Gasteiger partial charge is 0.338 e. The van der Waals surface area contributed by atoms with Crippen LogP contribution in [0.2, 0.25) is 0 Å². The average molecular weight is 451 g/mol. The number of hydrogen-bond donors (Lipinski definition) is 2. The lowest BCUT2D eigenvalue weighted by Crippen LogP contribution is -2.46. The van der Waals surface area contributed by atoms with Crippen molar-refractivity contribution in [1.82, 2.24) is 30.8 Å². The van der Waals surface area contributed by atoms with Crippen LogP contribution in [0.5, 0.6) is 0 Å². The zero-order chi connectivity index (χ0) is 20.9. The Bertz CT molecular complexity index is 923. The van der Waals surface area contributed by atoms with E-state index < -0.39 is 12.0 Å². The molecule has 2 aromatic heterocycles. The van der Waals surface area contributed by atoms with E-state index in [1.165, 1.54) is 23.1 Å². The van der Waals surface area contributed by atoms with Gasteiger partial charge < -0.3 is 20.1 Å². The fourth-order valence-electron chi connectivity index (χ4n) is 3.38. The number of aromatic nitrogens is 4. The van der Waals surface area contributed by atoms with Crippen LogP contribution in [-0.4, -0.2) is 57.3 Å². The van der Waals surface area contributed by atoms with Gasteiger partial charge in [-0.1, -0.05) is 17.8 Å². The Hall–Kier alpha value is -2.44. The molecule has 10 nitrogen and oxygen atoms in total. The Morgan fingerprint density at radius 2 is 2.40 bits per heavy atom. The molecule has 4 rings (SSSR count). The van der Waals surface area contributed by atoms with Crippen LogP contribution >= 0.6 is 23.1 Å². The molecule has 0 unspecified atom stereocenters. The number of thioether (sulfide) groups is 1. The van der Waals surface area contributed by atoms with Gasteiger partial charge in [0, 0.05) is 22.9 Å². The minimum atomic E-state index is -0.559. The number of rotatable bonds is 8. The highest BCUT2D eigenvalue weighted by molar-refractivity contribution is 7.99. The maximum atomic E-state index is 12.7. The Morgan fingerprint density at radius 3 is 3.13 bits per heavy atom. The Balaban J connectivity index is 1.56. The van der Waals surface area contributed by atoms with Gasteiger partial charge in [-0.25, -0.2) is 14.3 Å². The van der Waals surface area contributed by atoms with E-state index >= 15 is 0 Å². The van der Waals surface area contributed by atoms with Crippen LogP contribution in [0.4, 0.5) is 4.79 Å². The number of esters is 1. The van der Waals surface area contributed by atoms with Gasteiger partial charge in [0.2, 0.25) is 5.16 Å². The molecule has 2 aromatic rings. The van der Waals surface area contributed by atoms with Crippen LogP contribution in [0, 0.1) is 0 Å². The highest BCUT2D eigenvalue weighted by Gasteiger charge is 2.34. The highest BCUT2D eigenvalue weighted by atomic mass is 32.2. The molecular formula is C18H22N6O4S2. The Morgan fingerprint density at radius 1 is 1.50 bits per heavy atom. The summed E-state index contributed by atoms with van der Waals surface area (Å²) in [6, 6.07) is 2.84. The lowest BCUT2D eigenvalue weighted by atomic mass is 10.0. The largest absolute Gasteiger partial charge is 0.463 e. The number of tetrazole rings is 1. The maximum Gasteiger partial charge on any atom is 0.338 e. The van der Waals surface area contributed by atoms with E-state index in [4.69, 9.17) is 9.47 Å². The van der Waals surface area contributed by atoms with E-state index in [1.54, 1.807) is 11.6 Å². The summed E-state index contributed by atoms with van der Waals surface area (Å²) in [4.78, 5) is 25.9. The third-order valence-corrected chi connectivity index (χ3v) is 6.64. The molecule has 30 heavy (non-hydrogen) atoms. The number of urea groups is 1. The second kappa shape index (κ2) is 9.58. The van der Waals surface area contributed by atoms with Crippen molar-refractivity contribution in [1.29, 1.82) is 0 Å². The van der Waals surface area contributed by atoms with Gasteiger partial charge in [0.1, 0.15) is 0 Å². The number of nitrogens with one attached hydrogen (secondary N) is 2. The molecule has 0 aromatic carbocycles. The van der Waals surface area contributed by atoms with E-state index in [0.717, 1.165) is 24.3 Å². The molecule has 0 radical (unpaired) electrons. The van der Waals surface area contributed by atoms with Crippen molar-refractivity contribution in [3.05, 3.63) is 33.7 Å². The van der Waals surface area contributed by atoms with Crippen LogP contribution in [0.1, 0.15) is 30.7 Å². The lowest BCUT2D eigenvalue weighted by Gasteiger charge is -2.28. The lowest BCUT2D eigenvalue weighted by molar-refractivity contribution is -0.139. The molecule has 160 valence electrons. The molecule has 4 heterocycles. The van der Waals surface area contributed by atoms with E-state index in [2.05, 4.69) is 26.2 Å². The van der Waals surface area contributed by atoms with Crippen molar-refractivity contribution in [3.63, 3.8) is 0 Å². The first-order chi connectivity index (χ1) is 14.7. The number of hydrogen-bond acceptors (Lipinski definition) is 9. The van der Waals surface area contributed by atoms with Gasteiger partial charge in [-0.15, -0.1) is 16.4 Å². The summed E-state index contributed by atoms with van der Waals surface area (Å²) < 4.78 is 12.6. The van der Waals surface area contributed by atoms with Crippen molar-refractivity contribution >= 4 is 35.1 Å². The molecule has 0 spiro atoms. The number of nitrogens with zero attached hydrogens (tertiary/aromatic N) is 4. The normalized spacial score (nSPS) is 21.4. The molecule has 1 saturated heterocycles. The quantitative estimate of drug-likeness (QED) is 0.462. The molecule has 1 fully saturated rings. The Kier molecular flexibility index (Phi) is 6.65. The van der Waals surface area contributed by atoms with Crippen molar-refractivity contribution in [2.24, 2.45) is 0 Å². The zero-order valence-corrected chi connectivity index (χ0v) is 18.0. The predicted molar refractivity (Wildman–Crippen MR) is 110 cm³/mol. The molecule has 2 atom stereocenters. The minimum Gasteiger partial charge on any atom is -0.463 e. The topological polar surface area (TPSA) is 120 Å². The van der Waals surface area contributed by atoms with Gasteiger partial charge in [-0.2, -0.15) is 0 Å². The molecule has 0 aliphatic carbocycles. The van der Waals surface area contributed by atoms with Gasteiger partial charge in [0.05, 0.1) is 30.9 Å². The molecule has 0 bridgehead atoms. The van der Waals surface area contributed by atoms with Crippen molar-refractivity contribution in [3.8, 4) is 0 Å². The zero-order valence-electron chi connectivity index (χ0n) is 16.4. The first-order valence-corrected chi connectivity index (χ1v) is 11.5. The summed E-state index contributed by atoms with van der Waals surface area (Å²) in [6.07, 6.45) is 2.12. The van der Waals surface area contributed by atoms with Gasteiger partial charge in [-0.05, 0) is 41.6 Å². The number of ether oxygens (including phenoxy) is 2. The van der Waals surface area contributed by atoms with Crippen LogP contribution in [0.15, 0.2) is 33.9 Å². The van der Waals surface area contributed by atoms with Crippen LogP contribution in [-0.2, 0) is 20.8 Å². The molecular weight excluding hydrogens is 428 g/mol. The molecule has 2 aliphatic heterocycles. The third-order valence-electron chi connectivity index (χ3n) is 4.72. The second-order valence-corrected chi connectivity index (χ2v) is 8.65. The second-order valence-electron chi connectivity index (χ2n) is 6.73. The van der Waals surface area contributed by atoms with E-state index in [-0.39, 0.29) is 18.7 Å². The van der Waals surface area contributed by atoms with Gasteiger partial charge in [-0.3, -0.25) is 0 Å². The van der Waals surface area contributed by atoms with Crippen LogP contribution in [0.25, 0.3) is 0 Å². The summed E-state index contributed by atoms with van der Waals surface area (Å²) in [5, 5.41) is 20.0. The van der Waals surface area contributed by atoms with Gasteiger partial charge in [0.15, 0.2) is 0 Å². The molecule has 2 amide bonds.